The lowest BCUT2D eigenvalue weighted by Gasteiger charge is -2.30. The molecule has 1 aromatic rings. The summed E-state index contributed by atoms with van der Waals surface area (Å²) in [5.41, 5.74) is 0. The summed E-state index contributed by atoms with van der Waals surface area (Å²) < 4.78 is 11.7. The predicted octanol–water partition coefficient (Wildman–Crippen LogP) is 4.22. The van der Waals surface area contributed by atoms with Crippen LogP contribution in [-0.2, 0) is 0 Å². The molecule has 0 atom stereocenters. The van der Waals surface area contributed by atoms with Crippen LogP contribution in [0, 0.1) is 5.92 Å². The predicted molar refractivity (Wildman–Crippen MR) is 89.2 cm³/mol. The van der Waals surface area contributed by atoms with E-state index in [0.717, 1.165) is 18.0 Å². The van der Waals surface area contributed by atoms with Crippen molar-refractivity contribution in [2.45, 2.75) is 53.6 Å². The van der Waals surface area contributed by atoms with Gasteiger partial charge in [0.2, 0.25) is 0 Å². The fourth-order valence-corrected chi connectivity index (χ4v) is 2.32. The van der Waals surface area contributed by atoms with Crippen LogP contribution >= 0.6 is 0 Å². The Bertz CT molecular complexity index is 394. The van der Waals surface area contributed by atoms with Crippen LogP contribution in [0.5, 0.6) is 11.5 Å². The standard InChI is InChI=1S/C18H31NO2/c1-14(2)13-21-18-10-8-7-9-17(18)20-12-11-19(15(3)4)16(5)6/h7-10,14-16H,11-13H2,1-6H3. The molecule has 0 saturated heterocycles. The zero-order valence-electron chi connectivity index (χ0n) is 14.4. The van der Waals surface area contributed by atoms with Crippen molar-refractivity contribution in [2.24, 2.45) is 5.92 Å². The van der Waals surface area contributed by atoms with E-state index in [1.165, 1.54) is 0 Å². The summed E-state index contributed by atoms with van der Waals surface area (Å²) in [6, 6.07) is 8.98. The molecule has 0 aliphatic carbocycles. The van der Waals surface area contributed by atoms with Gasteiger partial charge in [0, 0.05) is 18.6 Å². The molecule has 0 amide bonds. The van der Waals surface area contributed by atoms with Crippen LogP contribution in [0.2, 0.25) is 0 Å². The molecule has 3 heteroatoms. The van der Waals surface area contributed by atoms with Crippen LogP contribution in [0.3, 0.4) is 0 Å². The molecule has 120 valence electrons. The largest absolute Gasteiger partial charge is 0.489 e. The van der Waals surface area contributed by atoms with Gasteiger partial charge in [-0.25, -0.2) is 0 Å². The van der Waals surface area contributed by atoms with Crippen molar-refractivity contribution < 1.29 is 9.47 Å². The fraction of sp³-hybridized carbons (Fsp3) is 0.667. The molecule has 0 spiro atoms. The van der Waals surface area contributed by atoms with Gasteiger partial charge in [-0.3, -0.25) is 4.90 Å². The summed E-state index contributed by atoms with van der Waals surface area (Å²) in [7, 11) is 0. The van der Waals surface area contributed by atoms with Crippen molar-refractivity contribution in [3.05, 3.63) is 24.3 Å². The van der Waals surface area contributed by atoms with Crippen LogP contribution in [-0.4, -0.2) is 36.7 Å². The van der Waals surface area contributed by atoms with Crippen molar-refractivity contribution in [3.8, 4) is 11.5 Å². The maximum Gasteiger partial charge on any atom is 0.161 e. The lowest BCUT2D eigenvalue weighted by molar-refractivity contribution is 0.139. The van der Waals surface area contributed by atoms with Crippen LogP contribution in [0.1, 0.15) is 41.5 Å². The molecule has 0 bridgehead atoms. The van der Waals surface area contributed by atoms with E-state index < -0.39 is 0 Å². The highest BCUT2D eigenvalue weighted by Gasteiger charge is 2.13. The molecule has 0 aliphatic rings. The van der Waals surface area contributed by atoms with Gasteiger partial charge in [-0.15, -0.1) is 0 Å². The van der Waals surface area contributed by atoms with Gasteiger partial charge in [0.05, 0.1) is 6.61 Å². The summed E-state index contributed by atoms with van der Waals surface area (Å²) in [5.74, 6) is 2.19. The fourth-order valence-electron chi connectivity index (χ4n) is 2.32. The molecule has 0 heterocycles. The Hall–Kier alpha value is -1.22. The molecule has 0 fully saturated rings. The second-order valence-electron chi connectivity index (χ2n) is 6.43. The molecule has 0 N–H and O–H groups in total. The first-order valence-electron chi connectivity index (χ1n) is 8.02. The molecule has 1 rings (SSSR count). The van der Waals surface area contributed by atoms with Crippen molar-refractivity contribution in [2.75, 3.05) is 19.8 Å². The maximum atomic E-state index is 5.93. The third kappa shape index (κ3) is 6.38. The molecular weight excluding hydrogens is 262 g/mol. The average Bonchev–Trinajstić information content (AvgIpc) is 2.41. The van der Waals surface area contributed by atoms with E-state index in [2.05, 4.69) is 46.4 Å². The quantitative estimate of drug-likeness (QED) is 0.680. The number of ether oxygens (including phenoxy) is 2. The van der Waals surface area contributed by atoms with Gasteiger partial charge in [-0.1, -0.05) is 26.0 Å². The van der Waals surface area contributed by atoms with Crippen molar-refractivity contribution in [1.82, 2.24) is 4.90 Å². The average molecular weight is 293 g/mol. The summed E-state index contributed by atoms with van der Waals surface area (Å²) >= 11 is 0. The first-order chi connectivity index (χ1) is 9.91. The Morgan fingerprint density at radius 1 is 0.857 bits per heavy atom. The normalized spacial score (nSPS) is 11.7. The minimum atomic E-state index is 0.510. The Morgan fingerprint density at radius 3 is 1.86 bits per heavy atom. The topological polar surface area (TPSA) is 21.7 Å². The molecule has 0 saturated carbocycles. The monoisotopic (exact) mass is 293 g/mol. The number of para-hydroxylation sites is 2. The van der Waals surface area contributed by atoms with Crippen LogP contribution < -0.4 is 9.47 Å². The number of rotatable bonds is 9. The highest BCUT2D eigenvalue weighted by molar-refractivity contribution is 5.39. The molecule has 0 aliphatic heterocycles. The summed E-state index contributed by atoms with van der Waals surface area (Å²) in [4.78, 5) is 2.43. The minimum Gasteiger partial charge on any atom is -0.489 e. The number of hydrogen-bond donors (Lipinski definition) is 0. The van der Waals surface area contributed by atoms with Gasteiger partial charge < -0.3 is 9.47 Å². The summed E-state index contributed by atoms with van der Waals surface area (Å²) in [6.07, 6.45) is 0. The first-order valence-corrected chi connectivity index (χ1v) is 8.02. The van der Waals surface area contributed by atoms with Crippen LogP contribution in [0.4, 0.5) is 0 Å². The highest BCUT2D eigenvalue weighted by Crippen LogP contribution is 2.26. The third-order valence-corrected chi connectivity index (χ3v) is 3.35. The van der Waals surface area contributed by atoms with Crippen LogP contribution in [0.15, 0.2) is 24.3 Å². The van der Waals surface area contributed by atoms with Gasteiger partial charge in [-0.2, -0.15) is 0 Å². The number of hydrogen-bond acceptors (Lipinski definition) is 3. The van der Waals surface area contributed by atoms with E-state index >= 15 is 0 Å². The van der Waals surface area contributed by atoms with E-state index in [4.69, 9.17) is 9.47 Å². The maximum absolute atomic E-state index is 5.93. The van der Waals surface area contributed by atoms with E-state index in [1.807, 2.05) is 24.3 Å². The molecular formula is C18H31NO2. The van der Waals surface area contributed by atoms with Gasteiger partial charge in [-0.05, 0) is 45.7 Å². The van der Waals surface area contributed by atoms with Gasteiger partial charge in [0.1, 0.15) is 6.61 Å². The molecule has 0 aromatic heterocycles. The van der Waals surface area contributed by atoms with Crippen molar-refractivity contribution >= 4 is 0 Å². The lowest BCUT2D eigenvalue weighted by Crippen LogP contribution is -2.39. The van der Waals surface area contributed by atoms with Gasteiger partial charge in [0.15, 0.2) is 11.5 Å². The summed E-state index contributed by atoms with van der Waals surface area (Å²) in [5, 5.41) is 0. The zero-order chi connectivity index (χ0) is 15.8. The zero-order valence-corrected chi connectivity index (χ0v) is 14.4. The molecule has 0 unspecified atom stereocenters. The van der Waals surface area contributed by atoms with Crippen molar-refractivity contribution in [1.29, 1.82) is 0 Å². The number of benzene rings is 1. The Balaban J connectivity index is 2.54. The second kappa shape index (κ2) is 8.93. The SMILES string of the molecule is CC(C)COc1ccccc1OCCN(C(C)C)C(C)C. The first kappa shape index (κ1) is 17.8. The molecule has 21 heavy (non-hydrogen) atoms. The third-order valence-electron chi connectivity index (χ3n) is 3.35. The molecule has 0 radical (unpaired) electrons. The minimum absolute atomic E-state index is 0.510. The Kier molecular flexibility index (Phi) is 7.58. The van der Waals surface area contributed by atoms with E-state index in [9.17, 15) is 0 Å². The van der Waals surface area contributed by atoms with Crippen molar-refractivity contribution in [3.63, 3.8) is 0 Å². The Labute approximate surface area is 130 Å². The summed E-state index contributed by atoms with van der Waals surface area (Å²) in [6.45, 7) is 15.5. The Morgan fingerprint density at radius 2 is 1.38 bits per heavy atom. The highest BCUT2D eigenvalue weighted by atomic mass is 16.5. The second-order valence-corrected chi connectivity index (χ2v) is 6.43. The smallest absolute Gasteiger partial charge is 0.161 e. The lowest BCUT2D eigenvalue weighted by atomic mass is 10.2. The molecule has 1 aromatic carbocycles. The van der Waals surface area contributed by atoms with Crippen LogP contribution in [0.25, 0.3) is 0 Å². The van der Waals surface area contributed by atoms with E-state index in [1.54, 1.807) is 0 Å². The van der Waals surface area contributed by atoms with Gasteiger partial charge >= 0.3 is 0 Å². The molecule has 3 nitrogen and oxygen atoms in total. The van der Waals surface area contributed by atoms with E-state index in [-0.39, 0.29) is 0 Å². The number of nitrogens with zero attached hydrogens (tertiary/aromatic N) is 1. The van der Waals surface area contributed by atoms with Gasteiger partial charge in [0.25, 0.3) is 0 Å². The van der Waals surface area contributed by atoms with E-state index in [0.29, 0.717) is 31.2 Å².